The van der Waals surface area contributed by atoms with Crippen LogP contribution in [0.15, 0.2) is 60.7 Å². The van der Waals surface area contributed by atoms with Crippen molar-refractivity contribution in [1.82, 2.24) is 10.2 Å². The first-order chi connectivity index (χ1) is 12.7. The van der Waals surface area contributed by atoms with Crippen molar-refractivity contribution < 1.29 is 9.53 Å². The van der Waals surface area contributed by atoms with Gasteiger partial charge < -0.3 is 15.4 Å². The van der Waals surface area contributed by atoms with Crippen molar-refractivity contribution in [3.8, 4) is 11.8 Å². The van der Waals surface area contributed by atoms with Crippen LogP contribution in [0.25, 0.3) is 0 Å². The van der Waals surface area contributed by atoms with Gasteiger partial charge in [0, 0.05) is 11.3 Å². The molecule has 1 amide bonds. The van der Waals surface area contributed by atoms with E-state index in [0.717, 1.165) is 5.69 Å². The SMILES string of the molecule is COc1ccc(C(=O)Nc2ccc(Nc3cccc(C#N)c3)nn2)cc1. The van der Waals surface area contributed by atoms with E-state index < -0.39 is 0 Å². The maximum Gasteiger partial charge on any atom is 0.256 e. The fourth-order valence-corrected chi connectivity index (χ4v) is 2.21. The minimum atomic E-state index is -0.288. The van der Waals surface area contributed by atoms with Gasteiger partial charge in [-0.2, -0.15) is 5.26 Å². The van der Waals surface area contributed by atoms with Gasteiger partial charge in [-0.1, -0.05) is 6.07 Å². The number of carbonyl (C=O) groups is 1. The second-order valence-corrected chi connectivity index (χ2v) is 5.30. The number of carbonyl (C=O) groups excluding carboxylic acids is 1. The first kappa shape index (κ1) is 16.9. The number of hydrogen-bond acceptors (Lipinski definition) is 6. The van der Waals surface area contributed by atoms with Crippen molar-refractivity contribution in [3.05, 3.63) is 71.8 Å². The van der Waals surface area contributed by atoms with Gasteiger partial charge >= 0.3 is 0 Å². The Balaban J connectivity index is 1.65. The Morgan fingerprint density at radius 1 is 1.04 bits per heavy atom. The number of nitrogens with zero attached hydrogens (tertiary/aromatic N) is 3. The predicted molar refractivity (Wildman–Crippen MR) is 97.4 cm³/mol. The monoisotopic (exact) mass is 345 g/mol. The zero-order chi connectivity index (χ0) is 18.4. The van der Waals surface area contributed by atoms with E-state index in [9.17, 15) is 4.79 Å². The molecule has 0 fully saturated rings. The zero-order valence-corrected chi connectivity index (χ0v) is 13.9. The molecule has 7 heteroatoms. The number of nitriles is 1. The Kier molecular flexibility index (Phi) is 5.05. The summed E-state index contributed by atoms with van der Waals surface area (Å²) >= 11 is 0. The van der Waals surface area contributed by atoms with Crippen LogP contribution < -0.4 is 15.4 Å². The molecular weight excluding hydrogens is 330 g/mol. The van der Waals surface area contributed by atoms with Gasteiger partial charge in [-0.15, -0.1) is 10.2 Å². The van der Waals surface area contributed by atoms with Crippen LogP contribution in [-0.2, 0) is 0 Å². The Morgan fingerprint density at radius 2 is 1.77 bits per heavy atom. The molecule has 26 heavy (non-hydrogen) atoms. The van der Waals surface area contributed by atoms with Crippen LogP contribution in [0.1, 0.15) is 15.9 Å². The van der Waals surface area contributed by atoms with Crippen LogP contribution >= 0.6 is 0 Å². The number of rotatable bonds is 5. The van der Waals surface area contributed by atoms with Crippen molar-refractivity contribution in [2.45, 2.75) is 0 Å². The van der Waals surface area contributed by atoms with E-state index in [1.807, 2.05) is 6.07 Å². The van der Waals surface area contributed by atoms with E-state index >= 15 is 0 Å². The molecule has 1 heterocycles. The first-order valence-corrected chi connectivity index (χ1v) is 7.74. The largest absolute Gasteiger partial charge is 0.497 e. The summed E-state index contributed by atoms with van der Waals surface area (Å²) in [5, 5.41) is 22.7. The fourth-order valence-electron chi connectivity index (χ4n) is 2.21. The summed E-state index contributed by atoms with van der Waals surface area (Å²) in [7, 11) is 1.57. The van der Waals surface area contributed by atoms with Gasteiger partial charge in [0.15, 0.2) is 11.6 Å². The molecule has 0 saturated heterocycles. The molecule has 0 aliphatic rings. The van der Waals surface area contributed by atoms with E-state index in [2.05, 4.69) is 26.9 Å². The number of methoxy groups -OCH3 is 1. The van der Waals surface area contributed by atoms with Gasteiger partial charge in [0.2, 0.25) is 0 Å². The molecule has 0 aliphatic heterocycles. The number of nitrogens with one attached hydrogen (secondary N) is 2. The molecule has 0 bridgehead atoms. The van der Waals surface area contributed by atoms with E-state index in [-0.39, 0.29) is 5.91 Å². The molecule has 0 atom stereocenters. The summed E-state index contributed by atoms with van der Waals surface area (Å²) in [4.78, 5) is 12.2. The van der Waals surface area contributed by atoms with Crippen molar-refractivity contribution >= 4 is 23.2 Å². The molecule has 2 N–H and O–H groups in total. The zero-order valence-electron chi connectivity index (χ0n) is 13.9. The molecular formula is C19H15N5O2. The number of benzene rings is 2. The Bertz CT molecular complexity index is 947. The maximum atomic E-state index is 12.2. The molecule has 128 valence electrons. The predicted octanol–water partition coefficient (Wildman–Crippen LogP) is 3.35. The second kappa shape index (κ2) is 7.77. The Morgan fingerprint density at radius 3 is 2.42 bits per heavy atom. The average Bonchev–Trinajstić information content (AvgIpc) is 2.69. The lowest BCUT2D eigenvalue weighted by molar-refractivity contribution is 0.102. The standard InChI is InChI=1S/C19H15N5O2/c1-26-16-7-5-14(6-8-16)19(25)22-18-10-9-17(23-24-18)21-15-4-2-3-13(11-15)12-20/h2-11H,1H3,(H,21,23)(H,22,24,25). The minimum absolute atomic E-state index is 0.288. The lowest BCUT2D eigenvalue weighted by atomic mass is 10.2. The van der Waals surface area contributed by atoms with Crippen LogP contribution in [0.3, 0.4) is 0 Å². The normalized spacial score (nSPS) is 9.85. The average molecular weight is 345 g/mol. The van der Waals surface area contributed by atoms with Gasteiger partial charge in [-0.3, -0.25) is 4.79 Å². The summed E-state index contributed by atoms with van der Waals surface area (Å²) < 4.78 is 5.06. The maximum absolute atomic E-state index is 12.2. The molecule has 0 saturated carbocycles. The highest BCUT2D eigenvalue weighted by molar-refractivity contribution is 6.03. The van der Waals surface area contributed by atoms with Gasteiger partial charge in [0.05, 0.1) is 18.7 Å². The quantitative estimate of drug-likeness (QED) is 0.735. The third-order valence-electron chi connectivity index (χ3n) is 3.52. The summed E-state index contributed by atoms with van der Waals surface area (Å²) in [5.74, 6) is 1.23. The molecule has 0 unspecified atom stereocenters. The second-order valence-electron chi connectivity index (χ2n) is 5.30. The summed E-state index contributed by atoms with van der Waals surface area (Å²) in [5.41, 5.74) is 1.77. The summed E-state index contributed by atoms with van der Waals surface area (Å²) in [6.07, 6.45) is 0. The number of amides is 1. The topological polar surface area (TPSA) is 99.9 Å². The van der Waals surface area contributed by atoms with Crippen molar-refractivity contribution in [3.63, 3.8) is 0 Å². The summed E-state index contributed by atoms with van der Waals surface area (Å²) in [6, 6.07) is 19.2. The molecule has 0 spiro atoms. The number of hydrogen-bond donors (Lipinski definition) is 2. The van der Waals surface area contributed by atoms with Gasteiger partial charge in [-0.25, -0.2) is 0 Å². The highest BCUT2D eigenvalue weighted by Crippen LogP contribution is 2.17. The molecule has 0 aliphatic carbocycles. The first-order valence-electron chi connectivity index (χ1n) is 7.74. The van der Waals surface area contributed by atoms with E-state index in [1.165, 1.54) is 0 Å². The number of aromatic nitrogens is 2. The minimum Gasteiger partial charge on any atom is -0.497 e. The molecule has 3 aromatic rings. The number of ether oxygens (including phenoxy) is 1. The third kappa shape index (κ3) is 4.13. The van der Waals surface area contributed by atoms with Crippen LogP contribution in [0.4, 0.5) is 17.3 Å². The highest BCUT2D eigenvalue weighted by Gasteiger charge is 2.08. The lowest BCUT2D eigenvalue weighted by Gasteiger charge is -2.07. The molecule has 0 radical (unpaired) electrons. The van der Waals surface area contributed by atoms with Crippen molar-refractivity contribution in [1.29, 1.82) is 5.26 Å². The van der Waals surface area contributed by atoms with Crippen molar-refractivity contribution in [2.24, 2.45) is 0 Å². The smallest absolute Gasteiger partial charge is 0.256 e. The van der Waals surface area contributed by atoms with E-state index in [1.54, 1.807) is 61.7 Å². The van der Waals surface area contributed by atoms with E-state index in [4.69, 9.17) is 10.00 Å². The third-order valence-corrected chi connectivity index (χ3v) is 3.52. The Hall–Kier alpha value is -3.92. The molecule has 3 rings (SSSR count). The van der Waals surface area contributed by atoms with Crippen LogP contribution in [-0.4, -0.2) is 23.2 Å². The van der Waals surface area contributed by atoms with Crippen LogP contribution in [0.2, 0.25) is 0 Å². The van der Waals surface area contributed by atoms with Gasteiger partial charge in [-0.05, 0) is 54.6 Å². The van der Waals surface area contributed by atoms with Gasteiger partial charge in [0.25, 0.3) is 5.91 Å². The number of anilines is 3. The molecule has 7 nitrogen and oxygen atoms in total. The molecule has 2 aromatic carbocycles. The van der Waals surface area contributed by atoms with E-state index in [0.29, 0.717) is 28.5 Å². The summed E-state index contributed by atoms with van der Waals surface area (Å²) in [6.45, 7) is 0. The fraction of sp³-hybridized carbons (Fsp3) is 0.0526. The highest BCUT2D eigenvalue weighted by atomic mass is 16.5. The Labute approximate surface area is 150 Å². The molecule has 1 aromatic heterocycles. The van der Waals surface area contributed by atoms with Crippen LogP contribution in [0.5, 0.6) is 5.75 Å². The lowest BCUT2D eigenvalue weighted by Crippen LogP contribution is -2.13. The van der Waals surface area contributed by atoms with Crippen LogP contribution in [0, 0.1) is 11.3 Å². The van der Waals surface area contributed by atoms with Gasteiger partial charge in [0.1, 0.15) is 5.75 Å². The van der Waals surface area contributed by atoms with Crippen molar-refractivity contribution in [2.75, 3.05) is 17.7 Å².